The summed E-state index contributed by atoms with van der Waals surface area (Å²) in [5, 5.41) is 9.40. The van der Waals surface area contributed by atoms with E-state index in [0.29, 0.717) is 11.3 Å². The van der Waals surface area contributed by atoms with E-state index in [1.807, 2.05) is 0 Å². The van der Waals surface area contributed by atoms with E-state index in [1.165, 1.54) is 29.0 Å². The molecule has 0 bridgehead atoms. The lowest BCUT2D eigenvalue weighted by Crippen LogP contribution is -2.47. The Balaban J connectivity index is 2.60. The minimum absolute atomic E-state index is 0.126. The average molecular weight is 290 g/mol. The minimum Gasteiger partial charge on any atom is -0.508 e. The number of likely N-dealkylation sites (N-methyl/N-ethyl adjacent to an activating group) is 1. The van der Waals surface area contributed by atoms with Gasteiger partial charge in [-0.1, -0.05) is 12.1 Å². The number of allylic oxidation sites excluding steroid dienone is 1. The van der Waals surface area contributed by atoms with Crippen molar-refractivity contribution in [3.8, 4) is 5.75 Å². The van der Waals surface area contributed by atoms with E-state index in [2.05, 4.69) is 0 Å². The monoisotopic (exact) mass is 290 g/mol. The number of aromatic hydroxyl groups is 1. The summed E-state index contributed by atoms with van der Waals surface area (Å²) in [6.45, 7) is 1.71. The van der Waals surface area contributed by atoms with Crippen LogP contribution in [0.25, 0.3) is 0 Å². The van der Waals surface area contributed by atoms with Crippen LogP contribution in [0, 0.1) is 0 Å². The van der Waals surface area contributed by atoms with Crippen molar-refractivity contribution >= 4 is 12.0 Å². The molecule has 2 amide bonds. The molecule has 1 aliphatic heterocycles. The van der Waals surface area contributed by atoms with Crippen LogP contribution < -0.4 is 0 Å². The molecule has 1 aliphatic rings. The fourth-order valence-electron chi connectivity index (χ4n) is 2.48. The van der Waals surface area contributed by atoms with Gasteiger partial charge in [0.25, 0.3) is 0 Å². The predicted octanol–water partition coefficient (Wildman–Crippen LogP) is 1.88. The first-order valence-corrected chi connectivity index (χ1v) is 6.47. The Morgan fingerprint density at radius 3 is 2.33 bits per heavy atom. The number of nitrogens with zero attached hydrogens (tertiary/aromatic N) is 2. The van der Waals surface area contributed by atoms with Gasteiger partial charge in [-0.25, -0.2) is 9.59 Å². The Morgan fingerprint density at radius 2 is 1.81 bits per heavy atom. The third kappa shape index (κ3) is 2.44. The van der Waals surface area contributed by atoms with Gasteiger partial charge in [0.1, 0.15) is 5.75 Å². The summed E-state index contributed by atoms with van der Waals surface area (Å²) in [5.41, 5.74) is 1.70. The van der Waals surface area contributed by atoms with Crippen molar-refractivity contribution in [3.63, 3.8) is 0 Å². The lowest BCUT2D eigenvalue weighted by molar-refractivity contribution is -0.137. The van der Waals surface area contributed by atoms with Crippen molar-refractivity contribution in [2.75, 3.05) is 21.2 Å². The van der Waals surface area contributed by atoms with Crippen LogP contribution >= 0.6 is 0 Å². The van der Waals surface area contributed by atoms with Crippen molar-refractivity contribution in [1.29, 1.82) is 0 Å². The molecule has 0 saturated heterocycles. The van der Waals surface area contributed by atoms with Crippen molar-refractivity contribution in [3.05, 3.63) is 41.1 Å². The predicted molar refractivity (Wildman–Crippen MR) is 76.5 cm³/mol. The smallest absolute Gasteiger partial charge is 0.337 e. The van der Waals surface area contributed by atoms with Gasteiger partial charge in [0.05, 0.1) is 18.7 Å². The fourth-order valence-corrected chi connectivity index (χ4v) is 2.48. The molecule has 6 nitrogen and oxygen atoms in total. The van der Waals surface area contributed by atoms with Crippen LogP contribution in [-0.4, -0.2) is 48.1 Å². The number of carbonyl (C=O) groups excluding carboxylic acids is 2. The van der Waals surface area contributed by atoms with Gasteiger partial charge >= 0.3 is 12.0 Å². The molecule has 2 rings (SSSR count). The second kappa shape index (κ2) is 5.47. The molecule has 1 heterocycles. The molecule has 0 aliphatic carbocycles. The van der Waals surface area contributed by atoms with E-state index < -0.39 is 12.0 Å². The van der Waals surface area contributed by atoms with Gasteiger partial charge in [0.2, 0.25) is 0 Å². The zero-order valence-electron chi connectivity index (χ0n) is 12.5. The molecule has 0 saturated carbocycles. The fraction of sp³-hybridized carbons (Fsp3) is 0.333. The number of hydrogen-bond donors (Lipinski definition) is 1. The maximum atomic E-state index is 12.3. The molecule has 1 aromatic carbocycles. The number of methoxy groups -OCH3 is 1. The lowest BCUT2D eigenvalue weighted by Gasteiger charge is -2.39. The summed E-state index contributed by atoms with van der Waals surface area (Å²) in [7, 11) is 4.56. The van der Waals surface area contributed by atoms with Gasteiger partial charge in [-0.15, -0.1) is 0 Å². The molecule has 1 atom stereocenters. The molecular formula is C15H18N2O4. The number of phenolic OH excluding ortho intramolecular Hbond substituents is 1. The SMILES string of the molecule is COC(=O)C1=C(C)N(C)C(=O)N(C)[C@@H]1c1ccc(O)cc1. The summed E-state index contributed by atoms with van der Waals surface area (Å²) in [6, 6.07) is 5.67. The second-order valence-corrected chi connectivity index (χ2v) is 4.94. The number of hydrogen-bond acceptors (Lipinski definition) is 4. The highest BCUT2D eigenvalue weighted by Crippen LogP contribution is 2.36. The molecule has 1 N–H and O–H groups in total. The van der Waals surface area contributed by atoms with Gasteiger partial charge in [-0.3, -0.25) is 0 Å². The number of phenols is 1. The Labute approximate surface area is 123 Å². The van der Waals surface area contributed by atoms with Crippen LogP contribution in [-0.2, 0) is 9.53 Å². The zero-order valence-corrected chi connectivity index (χ0v) is 12.5. The van der Waals surface area contributed by atoms with Gasteiger partial charge in [-0.05, 0) is 24.6 Å². The normalized spacial score (nSPS) is 19.0. The molecule has 0 unspecified atom stereocenters. The quantitative estimate of drug-likeness (QED) is 0.844. The van der Waals surface area contributed by atoms with Crippen LogP contribution in [0.5, 0.6) is 5.75 Å². The Kier molecular flexibility index (Phi) is 3.88. The van der Waals surface area contributed by atoms with E-state index in [9.17, 15) is 14.7 Å². The van der Waals surface area contributed by atoms with Crippen molar-refractivity contribution < 1.29 is 19.4 Å². The topological polar surface area (TPSA) is 70.1 Å². The molecule has 0 fully saturated rings. The zero-order chi connectivity index (χ0) is 15.7. The highest BCUT2D eigenvalue weighted by molar-refractivity contribution is 5.94. The van der Waals surface area contributed by atoms with Gasteiger partial charge in [-0.2, -0.15) is 0 Å². The van der Waals surface area contributed by atoms with E-state index >= 15 is 0 Å². The number of ether oxygens (including phenoxy) is 1. The lowest BCUT2D eigenvalue weighted by atomic mass is 9.93. The minimum atomic E-state index is -0.540. The van der Waals surface area contributed by atoms with E-state index in [-0.39, 0.29) is 11.8 Å². The summed E-state index contributed by atoms with van der Waals surface area (Å²) in [4.78, 5) is 27.3. The molecule has 6 heteroatoms. The molecule has 0 aromatic heterocycles. The van der Waals surface area contributed by atoms with Crippen molar-refractivity contribution in [2.24, 2.45) is 0 Å². The summed E-state index contributed by atoms with van der Waals surface area (Å²) >= 11 is 0. The number of benzene rings is 1. The van der Waals surface area contributed by atoms with E-state index in [1.54, 1.807) is 33.2 Å². The highest BCUT2D eigenvalue weighted by atomic mass is 16.5. The van der Waals surface area contributed by atoms with Gasteiger partial charge in [0, 0.05) is 19.8 Å². The van der Waals surface area contributed by atoms with Crippen molar-refractivity contribution in [1.82, 2.24) is 9.80 Å². The maximum Gasteiger partial charge on any atom is 0.337 e. The molecule has 112 valence electrons. The molecule has 0 radical (unpaired) electrons. The number of rotatable bonds is 2. The van der Waals surface area contributed by atoms with E-state index in [4.69, 9.17) is 4.74 Å². The summed E-state index contributed by atoms with van der Waals surface area (Å²) in [5.74, 6) is -0.349. The Bertz CT molecular complexity index is 607. The van der Waals surface area contributed by atoms with Gasteiger partial charge in [0.15, 0.2) is 0 Å². The molecular weight excluding hydrogens is 272 g/mol. The van der Waals surface area contributed by atoms with Crippen LogP contribution in [0.4, 0.5) is 4.79 Å². The Hall–Kier alpha value is -2.50. The molecule has 1 aromatic rings. The largest absolute Gasteiger partial charge is 0.508 e. The third-order valence-corrected chi connectivity index (χ3v) is 3.76. The number of amides is 2. The highest BCUT2D eigenvalue weighted by Gasteiger charge is 2.38. The van der Waals surface area contributed by atoms with Gasteiger partial charge < -0.3 is 19.6 Å². The average Bonchev–Trinajstić information content (AvgIpc) is 2.49. The standard InChI is InChI=1S/C15H18N2O4/c1-9-12(14(19)21-4)13(17(3)15(20)16(9)2)10-5-7-11(18)8-6-10/h5-8,13,18H,1-4H3/t13-/m1/s1. The maximum absolute atomic E-state index is 12.3. The van der Waals surface area contributed by atoms with Crippen molar-refractivity contribution in [2.45, 2.75) is 13.0 Å². The number of urea groups is 1. The Morgan fingerprint density at radius 1 is 1.24 bits per heavy atom. The number of carbonyl (C=O) groups is 2. The molecule has 21 heavy (non-hydrogen) atoms. The number of esters is 1. The van der Waals surface area contributed by atoms with Crippen LogP contribution in [0.1, 0.15) is 18.5 Å². The van der Waals surface area contributed by atoms with E-state index in [0.717, 1.165) is 5.56 Å². The molecule has 0 spiro atoms. The first kappa shape index (κ1) is 14.9. The summed E-state index contributed by atoms with van der Waals surface area (Å²) in [6.07, 6.45) is 0. The first-order chi connectivity index (χ1) is 9.88. The third-order valence-electron chi connectivity index (χ3n) is 3.76. The first-order valence-electron chi connectivity index (χ1n) is 6.47. The van der Waals surface area contributed by atoms with Crippen LogP contribution in [0.3, 0.4) is 0 Å². The van der Waals surface area contributed by atoms with Crippen LogP contribution in [0.2, 0.25) is 0 Å². The second-order valence-electron chi connectivity index (χ2n) is 4.94. The van der Waals surface area contributed by atoms with Crippen LogP contribution in [0.15, 0.2) is 35.5 Å². The summed E-state index contributed by atoms with van der Waals surface area (Å²) < 4.78 is 4.86.